The first-order valence-electron chi connectivity index (χ1n) is 8.91. The van der Waals surface area contributed by atoms with Gasteiger partial charge in [-0.1, -0.05) is 6.07 Å². The zero-order valence-electron chi connectivity index (χ0n) is 14.8. The van der Waals surface area contributed by atoms with Crippen LogP contribution in [0.25, 0.3) is 0 Å². The van der Waals surface area contributed by atoms with Gasteiger partial charge in [0.25, 0.3) is 5.91 Å². The molecule has 1 saturated heterocycles. The molecule has 1 fully saturated rings. The number of benzene rings is 1. The molecule has 2 heterocycles. The zero-order valence-corrected chi connectivity index (χ0v) is 15.6. The van der Waals surface area contributed by atoms with Crippen LogP contribution in [0.1, 0.15) is 40.9 Å². The summed E-state index contributed by atoms with van der Waals surface area (Å²) >= 11 is 1.33. The minimum Gasteiger partial charge on any atom is -0.352 e. The molecule has 0 spiro atoms. The molecule has 1 aromatic heterocycles. The van der Waals surface area contributed by atoms with Gasteiger partial charge in [-0.25, -0.2) is 8.78 Å². The lowest BCUT2D eigenvalue weighted by Crippen LogP contribution is -2.40. The highest BCUT2D eigenvalue weighted by molar-refractivity contribution is 7.11. The van der Waals surface area contributed by atoms with E-state index in [2.05, 4.69) is 10.3 Å². The second-order valence-electron chi connectivity index (χ2n) is 6.69. The molecule has 0 aliphatic carbocycles. The van der Waals surface area contributed by atoms with E-state index in [9.17, 15) is 18.4 Å². The van der Waals surface area contributed by atoms with E-state index in [0.717, 1.165) is 31.5 Å². The van der Waals surface area contributed by atoms with Gasteiger partial charge in [0.15, 0.2) is 11.6 Å². The number of thiazole rings is 1. The predicted molar refractivity (Wildman–Crippen MR) is 98.2 cm³/mol. The van der Waals surface area contributed by atoms with Gasteiger partial charge in [0.2, 0.25) is 5.91 Å². The number of carbonyl (C=O) groups excluding carboxylic acids is 2. The molecule has 1 aliphatic rings. The van der Waals surface area contributed by atoms with Crippen molar-refractivity contribution in [2.24, 2.45) is 5.92 Å². The molecular formula is C19H21F2N3O2S. The van der Waals surface area contributed by atoms with Crippen molar-refractivity contribution in [2.45, 2.75) is 32.2 Å². The lowest BCUT2D eigenvalue weighted by atomic mass is 9.93. The average molecular weight is 393 g/mol. The van der Waals surface area contributed by atoms with E-state index in [-0.39, 0.29) is 24.3 Å². The van der Waals surface area contributed by atoms with Crippen LogP contribution in [-0.4, -0.2) is 34.8 Å². The van der Waals surface area contributed by atoms with E-state index in [1.54, 1.807) is 11.7 Å². The van der Waals surface area contributed by atoms with Crippen molar-refractivity contribution < 1.29 is 18.4 Å². The van der Waals surface area contributed by atoms with Crippen LogP contribution in [0, 0.1) is 17.6 Å². The third kappa shape index (κ3) is 5.32. The van der Waals surface area contributed by atoms with E-state index in [1.807, 2.05) is 4.90 Å². The monoisotopic (exact) mass is 393 g/mol. The number of likely N-dealkylation sites (tertiary alicyclic amines) is 1. The molecule has 144 valence electrons. The second-order valence-corrected chi connectivity index (χ2v) is 7.58. The number of aromatic nitrogens is 1. The van der Waals surface area contributed by atoms with Crippen molar-refractivity contribution in [1.29, 1.82) is 0 Å². The largest absolute Gasteiger partial charge is 0.352 e. The van der Waals surface area contributed by atoms with Crippen molar-refractivity contribution in [2.75, 3.05) is 13.1 Å². The summed E-state index contributed by atoms with van der Waals surface area (Å²) in [6.45, 7) is 1.54. The first kappa shape index (κ1) is 19.4. The maximum atomic E-state index is 13.2. The summed E-state index contributed by atoms with van der Waals surface area (Å²) in [5.74, 6) is -1.67. The van der Waals surface area contributed by atoms with Crippen LogP contribution in [0.5, 0.6) is 0 Å². The standard InChI is InChI=1S/C19H21F2N3O2S/c20-15-5-3-14(8-16(15)21)9-23-18(25)6-4-13-2-1-7-24(11-13)19(26)17-10-22-12-27-17/h3,5,8,10,12-13H,1-2,4,6-7,9,11H2,(H,23,25). The zero-order chi connectivity index (χ0) is 19.2. The summed E-state index contributed by atoms with van der Waals surface area (Å²) in [4.78, 5) is 30.9. The normalized spacial score (nSPS) is 17.0. The number of hydrogen-bond donors (Lipinski definition) is 1. The van der Waals surface area contributed by atoms with Crippen LogP contribution in [0.4, 0.5) is 8.78 Å². The lowest BCUT2D eigenvalue weighted by Gasteiger charge is -2.32. The number of amides is 2. The first-order chi connectivity index (χ1) is 13.0. The Hall–Kier alpha value is -2.35. The van der Waals surface area contributed by atoms with Gasteiger partial charge in [-0.2, -0.15) is 0 Å². The second kappa shape index (κ2) is 9.03. The Kier molecular flexibility index (Phi) is 6.49. The fraction of sp³-hybridized carbons (Fsp3) is 0.421. The molecule has 0 radical (unpaired) electrons. The molecule has 0 bridgehead atoms. The van der Waals surface area contributed by atoms with Crippen LogP contribution in [-0.2, 0) is 11.3 Å². The highest BCUT2D eigenvalue weighted by Gasteiger charge is 2.25. The van der Waals surface area contributed by atoms with Crippen molar-refractivity contribution in [3.05, 3.63) is 52.0 Å². The van der Waals surface area contributed by atoms with E-state index in [1.165, 1.54) is 17.4 Å². The third-order valence-corrected chi connectivity index (χ3v) is 5.46. The molecular weight excluding hydrogens is 372 g/mol. The summed E-state index contributed by atoms with van der Waals surface area (Å²) in [5.41, 5.74) is 2.16. The maximum absolute atomic E-state index is 13.2. The van der Waals surface area contributed by atoms with Crippen molar-refractivity contribution in [1.82, 2.24) is 15.2 Å². The Labute approximate surface area is 160 Å². The molecule has 5 nitrogen and oxygen atoms in total. The summed E-state index contributed by atoms with van der Waals surface area (Å²) in [7, 11) is 0. The highest BCUT2D eigenvalue weighted by atomic mass is 32.1. The number of piperidine rings is 1. The van der Waals surface area contributed by atoms with Crippen molar-refractivity contribution in [3.63, 3.8) is 0 Å². The molecule has 1 N–H and O–H groups in total. The molecule has 8 heteroatoms. The number of rotatable bonds is 6. The quantitative estimate of drug-likeness (QED) is 0.819. The van der Waals surface area contributed by atoms with Gasteiger partial charge >= 0.3 is 0 Å². The topological polar surface area (TPSA) is 62.3 Å². The number of halogens is 2. The molecule has 27 heavy (non-hydrogen) atoms. The third-order valence-electron chi connectivity index (χ3n) is 4.70. The fourth-order valence-electron chi connectivity index (χ4n) is 3.24. The Morgan fingerprint density at radius 1 is 1.30 bits per heavy atom. The molecule has 1 unspecified atom stereocenters. The van der Waals surface area contributed by atoms with Crippen molar-refractivity contribution >= 4 is 23.2 Å². The van der Waals surface area contributed by atoms with Gasteiger partial charge in [-0.15, -0.1) is 11.3 Å². The molecule has 1 aliphatic heterocycles. The van der Waals surface area contributed by atoms with Gasteiger partial charge in [0, 0.05) is 26.1 Å². The minimum atomic E-state index is -0.922. The van der Waals surface area contributed by atoms with Crippen LogP contribution in [0.15, 0.2) is 29.9 Å². The molecule has 3 rings (SSSR count). The Morgan fingerprint density at radius 3 is 2.89 bits per heavy atom. The summed E-state index contributed by atoms with van der Waals surface area (Å²) in [5, 5.41) is 2.73. The van der Waals surface area contributed by atoms with E-state index >= 15 is 0 Å². The van der Waals surface area contributed by atoms with Gasteiger partial charge in [0.1, 0.15) is 4.88 Å². The first-order valence-corrected chi connectivity index (χ1v) is 9.79. The summed E-state index contributed by atoms with van der Waals surface area (Å²) in [6, 6.07) is 3.58. The van der Waals surface area contributed by atoms with Gasteiger partial charge in [-0.05, 0) is 42.9 Å². The van der Waals surface area contributed by atoms with Crippen LogP contribution >= 0.6 is 11.3 Å². The van der Waals surface area contributed by atoms with Crippen LogP contribution in [0.2, 0.25) is 0 Å². The van der Waals surface area contributed by atoms with Gasteiger partial charge in [0.05, 0.1) is 11.7 Å². The molecule has 1 aromatic carbocycles. The molecule has 2 amide bonds. The number of nitrogens with one attached hydrogen (secondary N) is 1. The maximum Gasteiger partial charge on any atom is 0.265 e. The van der Waals surface area contributed by atoms with Crippen LogP contribution < -0.4 is 5.32 Å². The summed E-state index contributed by atoms with van der Waals surface area (Å²) in [6.07, 6.45) is 4.53. The number of hydrogen-bond acceptors (Lipinski definition) is 4. The minimum absolute atomic E-state index is 0.00462. The van der Waals surface area contributed by atoms with Crippen LogP contribution in [0.3, 0.4) is 0 Å². The Balaban J connectivity index is 1.43. The summed E-state index contributed by atoms with van der Waals surface area (Å²) < 4.78 is 26.1. The van der Waals surface area contributed by atoms with Crippen molar-refractivity contribution in [3.8, 4) is 0 Å². The smallest absolute Gasteiger partial charge is 0.265 e. The fourth-order valence-corrected chi connectivity index (χ4v) is 3.82. The average Bonchev–Trinajstić information content (AvgIpc) is 3.21. The molecule has 2 aromatic rings. The molecule has 0 saturated carbocycles. The van der Waals surface area contributed by atoms with Gasteiger partial charge in [-0.3, -0.25) is 14.6 Å². The number of nitrogens with zero attached hydrogens (tertiary/aromatic N) is 2. The highest BCUT2D eigenvalue weighted by Crippen LogP contribution is 2.23. The predicted octanol–water partition coefficient (Wildman–Crippen LogP) is 3.37. The SMILES string of the molecule is O=C(CCC1CCCN(C(=O)c2cncs2)C1)NCc1ccc(F)c(F)c1. The van der Waals surface area contributed by atoms with E-state index < -0.39 is 11.6 Å². The lowest BCUT2D eigenvalue weighted by molar-refractivity contribution is -0.121. The van der Waals surface area contributed by atoms with E-state index in [4.69, 9.17) is 0 Å². The van der Waals surface area contributed by atoms with Gasteiger partial charge < -0.3 is 10.2 Å². The van der Waals surface area contributed by atoms with E-state index in [0.29, 0.717) is 29.8 Å². The number of carbonyl (C=O) groups is 2. The Morgan fingerprint density at radius 2 is 2.15 bits per heavy atom. The Bertz CT molecular complexity index is 798. The molecule has 1 atom stereocenters.